The summed E-state index contributed by atoms with van der Waals surface area (Å²) < 4.78 is 55.9. The molecule has 3 saturated carbocycles. The van der Waals surface area contributed by atoms with Crippen LogP contribution in [0.25, 0.3) is 0 Å². The summed E-state index contributed by atoms with van der Waals surface area (Å²) in [6, 6.07) is 18.7. The fraction of sp³-hybridized carbons (Fsp3) is 0.558. The van der Waals surface area contributed by atoms with Gasteiger partial charge < -0.3 is 39.4 Å². The minimum absolute atomic E-state index is 0.0788. The van der Waals surface area contributed by atoms with E-state index in [0.29, 0.717) is 41.6 Å². The lowest BCUT2D eigenvalue weighted by molar-refractivity contribution is -0.689. The van der Waals surface area contributed by atoms with Crippen LogP contribution in [0.5, 0.6) is 5.75 Å². The van der Waals surface area contributed by atoms with E-state index < -0.39 is 78.8 Å². The van der Waals surface area contributed by atoms with Gasteiger partial charge in [-0.15, -0.1) is 0 Å². The van der Waals surface area contributed by atoms with Crippen molar-refractivity contribution in [2.24, 2.45) is 22.7 Å². The number of hydrogen-bond donors (Lipinski definition) is 6. The number of aryl methyl sites for hydroxylation is 1. The molecule has 8 rings (SSSR count). The first kappa shape index (κ1) is 50.4. The second-order valence-electron chi connectivity index (χ2n) is 19.8. The zero-order chi connectivity index (χ0) is 48.3. The highest BCUT2D eigenvalue weighted by Gasteiger charge is 2.79. The number of alkyl halides is 1. The van der Waals surface area contributed by atoms with Crippen molar-refractivity contribution in [1.29, 1.82) is 0 Å². The number of allylic oxidation sites excluding steroid dienone is 4. The Morgan fingerprint density at radius 3 is 2.54 bits per heavy atom. The number of hydrogen-bond acceptors (Lipinski definition) is 11. The first-order chi connectivity index (χ1) is 32.5. The lowest BCUT2D eigenvalue weighted by Crippen LogP contribution is -2.69. The Labute approximate surface area is 397 Å². The number of carbonyl (C=O) groups excluding carboxylic acids is 2. The van der Waals surface area contributed by atoms with Crippen LogP contribution >= 0.6 is 7.82 Å². The lowest BCUT2D eigenvalue weighted by Gasteiger charge is -2.62. The number of benzene rings is 2. The number of Topliss-reactive ketones (excluding diaryl/α,β-unsaturated/α-hetero) is 1. The number of aliphatic hydroxyl groups excluding tert-OH is 3. The molecule has 4 aliphatic carbocycles. The zero-order valence-corrected chi connectivity index (χ0v) is 39.9. The number of aliphatic hydroxyl groups is 3. The monoisotopic (exact) mass is 961 g/mol. The van der Waals surface area contributed by atoms with Crippen molar-refractivity contribution in [3.05, 3.63) is 119 Å². The molecule has 2 aromatic carbocycles. The fourth-order valence-electron chi connectivity index (χ4n) is 12.3. The molecule has 1 aliphatic heterocycles. The maximum Gasteiger partial charge on any atom is 0.524 e. The highest BCUT2D eigenvalue weighted by Crippen LogP contribution is 2.72. The van der Waals surface area contributed by atoms with Crippen LogP contribution in [0.1, 0.15) is 113 Å². The SMILES string of the molecule is C[C@]12C=CC(=O)C=C1CCC1C3C[C@H]4OC(c5ccc[n+](Cc6ccc(C(O)CNCCCCCCOCCCCc7ccccc7)cc6OP(=O)(O)O)c5)O[C@@]4(C(=O)CO)[C@@]3(C)C[C@H](O)[C@@]12F. The predicted octanol–water partition coefficient (Wildman–Crippen LogP) is 6.41. The summed E-state index contributed by atoms with van der Waals surface area (Å²) >= 11 is 0. The van der Waals surface area contributed by atoms with Crippen molar-refractivity contribution < 1.29 is 67.0 Å². The van der Waals surface area contributed by atoms with Gasteiger partial charge in [-0.1, -0.05) is 67.8 Å². The summed E-state index contributed by atoms with van der Waals surface area (Å²) in [5.74, 6) is -2.08. The Hall–Kier alpha value is -3.99. The van der Waals surface area contributed by atoms with Crippen molar-refractivity contribution in [1.82, 2.24) is 5.32 Å². The molecule has 0 spiro atoms. The van der Waals surface area contributed by atoms with Crippen molar-refractivity contribution in [2.45, 2.75) is 127 Å². The minimum atomic E-state index is -5.01. The Morgan fingerprint density at radius 2 is 1.78 bits per heavy atom. The van der Waals surface area contributed by atoms with Crippen molar-refractivity contribution in [3.8, 4) is 5.75 Å². The number of halogens is 1. The van der Waals surface area contributed by atoms with Gasteiger partial charge in [0.25, 0.3) is 0 Å². The van der Waals surface area contributed by atoms with E-state index in [1.807, 2.05) is 13.0 Å². The Balaban J connectivity index is 0.868. The van der Waals surface area contributed by atoms with Crippen LogP contribution in [0, 0.1) is 22.7 Å². The third-order valence-electron chi connectivity index (χ3n) is 15.7. The topological polar surface area (TPSA) is 205 Å². The van der Waals surface area contributed by atoms with Crippen molar-refractivity contribution in [2.75, 3.05) is 32.9 Å². The van der Waals surface area contributed by atoms with Crippen LogP contribution < -0.4 is 14.4 Å². The molecule has 16 heteroatoms. The highest BCUT2D eigenvalue weighted by molar-refractivity contribution is 7.46. The van der Waals surface area contributed by atoms with Gasteiger partial charge in [-0.05, 0) is 119 Å². The zero-order valence-electron chi connectivity index (χ0n) is 39.0. The first-order valence-electron chi connectivity index (χ1n) is 24.2. The first-order valence-corrected chi connectivity index (χ1v) is 25.7. The molecule has 10 atom stereocenters. The summed E-state index contributed by atoms with van der Waals surface area (Å²) in [6.45, 7) is 5.22. The van der Waals surface area contributed by atoms with Crippen LogP contribution in [0.3, 0.4) is 0 Å². The number of carbonyl (C=O) groups is 2. The van der Waals surface area contributed by atoms with Crippen molar-refractivity contribution >= 4 is 19.4 Å². The lowest BCUT2D eigenvalue weighted by atomic mass is 9.44. The number of ether oxygens (including phenoxy) is 3. The second kappa shape index (κ2) is 20.8. The third kappa shape index (κ3) is 9.86. The normalized spacial score (nSPS) is 31.1. The van der Waals surface area contributed by atoms with E-state index in [4.69, 9.17) is 18.7 Å². The van der Waals surface area contributed by atoms with Gasteiger partial charge >= 0.3 is 7.82 Å². The van der Waals surface area contributed by atoms with Crippen molar-refractivity contribution in [3.63, 3.8) is 0 Å². The van der Waals surface area contributed by atoms with Gasteiger partial charge in [0.15, 0.2) is 48.1 Å². The van der Waals surface area contributed by atoms with Gasteiger partial charge in [0.05, 0.1) is 29.4 Å². The molecule has 1 saturated heterocycles. The molecule has 6 N–H and O–H groups in total. The van der Waals surface area contributed by atoms with Crippen LogP contribution in [-0.2, 0) is 41.3 Å². The number of phosphoric ester groups is 1. The number of phosphoric acid groups is 1. The van der Waals surface area contributed by atoms with E-state index in [0.717, 1.165) is 58.2 Å². The third-order valence-corrected chi connectivity index (χ3v) is 16.2. The van der Waals surface area contributed by atoms with Gasteiger partial charge in [-0.3, -0.25) is 19.4 Å². The predicted molar refractivity (Wildman–Crippen MR) is 249 cm³/mol. The maximum atomic E-state index is 17.8. The van der Waals surface area contributed by atoms with Crippen LogP contribution in [0.2, 0.25) is 0 Å². The Bertz CT molecular complexity index is 2400. The van der Waals surface area contributed by atoms with E-state index in [9.17, 15) is 39.3 Å². The molecule has 1 aromatic heterocycles. The minimum Gasteiger partial charge on any atom is -0.404 e. The second-order valence-corrected chi connectivity index (χ2v) is 21.0. The average molecular weight is 962 g/mol. The number of pyridine rings is 1. The highest BCUT2D eigenvalue weighted by atomic mass is 31.2. The standard InChI is InChI=1S/C52H66FN2O12P/c1-49-22-21-40(57)28-39(49)19-20-41-42-29-47-52(46(60)34-56,50(42,2)30-45(59)51(41,49)53)66-48(65-47)38-16-12-24-55(33-38)32-37-18-17-36(27-44(37)67-68(61,62)63)43(58)31-54-23-9-3-4-10-25-64-26-11-8-15-35-13-6-5-7-14-35/h5-7,12-14,16-18,21-22,24,27-28,33,41-43,45,47-48,54,56,58-59H,3-4,8-11,15,19-20,23,25-26,29-32,34H2,1-2H3,(H-,61,62,63)/p+1/t41?,42?,43?,45-,47+,48?,49-,50-,51-,52+/m0/s1. The van der Waals surface area contributed by atoms with Gasteiger partial charge in [-0.25, -0.2) is 13.5 Å². The molecule has 0 amide bonds. The molecule has 0 radical (unpaired) electrons. The van der Waals surface area contributed by atoms with E-state index in [-0.39, 0.29) is 37.5 Å². The quantitative estimate of drug-likeness (QED) is 0.0367. The molecule has 68 heavy (non-hydrogen) atoms. The Morgan fingerprint density at radius 1 is 1.01 bits per heavy atom. The van der Waals surface area contributed by atoms with Gasteiger partial charge in [0, 0.05) is 42.6 Å². The van der Waals surface area contributed by atoms with Crippen LogP contribution in [0.15, 0.2) is 96.9 Å². The van der Waals surface area contributed by atoms with Gasteiger partial charge in [0.1, 0.15) is 12.4 Å². The summed E-state index contributed by atoms with van der Waals surface area (Å²) in [6.07, 6.45) is 11.5. The fourth-order valence-corrected chi connectivity index (χ4v) is 12.7. The summed E-state index contributed by atoms with van der Waals surface area (Å²) in [5.41, 5.74) is -2.84. The number of nitrogens with one attached hydrogen (secondary N) is 1. The van der Waals surface area contributed by atoms with Crippen LogP contribution in [-0.4, -0.2) is 93.1 Å². The number of nitrogens with zero attached hydrogens (tertiary/aromatic N) is 1. The molecular formula is C52H67FN2O12P+. The molecule has 0 bridgehead atoms. The van der Waals surface area contributed by atoms with E-state index in [1.54, 1.807) is 54.2 Å². The Kier molecular flexibility index (Phi) is 15.4. The van der Waals surface area contributed by atoms with Crippen LogP contribution in [0.4, 0.5) is 4.39 Å². The number of rotatable bonds is 22. The summed E-state index contributed by atoms with van der Waals surface area (Å²) in [4.78, 5) is 46.1. The smallest absolute Gasteiger partial charge is 0.404 e. The molecule has 5 aliphatic rings. The molecule has 4 fully saturated rings. The number of ketones is 2. The maximum absolute atomic E-state index is 17.8. The molecule has 14 nitrogen and oxygen atoms in total. The summed E-state index contributed by atoms with van der Waals surface area (Å²) in [7, 11) is -5.01. The van der Waals surface area contributed by atoms with E-state index in [2.05, 4.69) is 29.6 Å². The van der Waals surface area contributed by atoms with Gasteiger partial charge in [-0.2, -0.15) is 0 Å². The number of unbranched alkanes of at least 4 members (excludes halogenated alkanes) is 4. The molecule has 2 heterocycles. The van der Waals surface area contributed by atoms with E-state index in [1.165, 1.54) is 23.8 Å². The summed E-state index contributed by atoms with van der Waals surface area (Å²) in [5, 5.41) is 36.6. The molecule has 368 valence electrons. The largest absolute Gasteiger partial charge is 0.524 e. The average Bonchev–Trinajstić information content (AvgIpc) is 3.81. The number of fused-ring (bicyclic) bond motifs is 7. The number of aromatic nitrogens is 1. The molecule has 4 unspecified atom stereocenters. The molecule has 3 aromatic rings. The molecular weight excluding hydrogens is 895 g/mol. The van der Waals surface area contributed by atoms with E-state index >= 15 is 4.39 Å². The van der Waals surface area contributed by atoms with Gasteiger partial charge in [0.2, 0.25) is 0 Å².